The molecule has 2 atom stereocenters. The Balaban J connectivity index is 2.13. The lowest BCUT2D eigenvalue weighted by Gasteiger charge is -2.36. The minimum Gasteiger partial charge on any atom is -0.361 e. The van der Waals surface area contributed by atoms with Crippen molar-refractivity contribution in [1.82, 2.24) is 9.46 Å². The first-order valence-corrected chi connectivity index (χ1v) is 8.15. The Morgan fingerprint density at radius 1 is 1.53 bits per heavy atom. The maximum atomic E-state index is 12.4. The molecule has 2 unspecified atom stereocenters. The van der Waals surface area contributed by atoms with Gasteiger partial charge in [-0.2, -0.15) is 4.31 Å². The molecule has 1 aromatic heterocycles. The molecule has 6 nitrogen and oxygen atoms in total. The Kier molecular flexibility index (Phi) is 4.27. The van der Waals surface area contributed by atoms with Gasteiger partial charge >= 0.3 is 0 Å². The lowest BCUT2D eigenvalue weighted by molar-refractivity contribution is 0.211. The molecule has 0 saturated carbocycles. The highest BCUT2D eigenvalue weighted by molar-refractivity contribution is 7.88. The first kappa shape index (κ1) is 14.5. The molecule has 2 heterocycles. The Labute approximate surface area is 114 Å². The summed E-state index contributed by atoms with van der Waals surface area (Å²) in [6.07, 6.45) is 1.85. The first-order chi connectivity index (χ1) is 8.92. The average Bonchev–Trinajstić information content (AvgIpc) is 2.74. The van der Waals surface area contributed by atoms with E-state index < -0.39 is 10.0 Å². The van der Waals surface area contributed by atoms with Gasteiger partial charge in [0.05, 0.1) is 0 Å². The molecule has 0 radical (unpaired) electrons. The second kappa shape index (κ2) is 5.60. The van der Waals surface area contributed by atoms with Crippen molar-refractivity contribution in [2.75, 3.05) is 13.1 Å². The van der Waals surface area contributed by atoms with Gasteiger partial charge in [-0.05, 0) is 39.2 Å². The molecule has 2 N–H and O–H groups in total. The van der Waals surface area contributed by atoms with Gasteiger partial charge < -0.3 is 10.3 Å². The van der Waals surface area contributed by atoms with Gasteiger partial charge in [-0.3, -0.25) is 0 Å². The predicted molar refractivity (Wildman–Crippen MR) is 71.8 cm³/mol. The smallest absolute Gasteiger partial charge is 0.220 e. The van der Waals surface area contributed by atoms with Crippen LogP contribution in [0.15, 0.2) is 10.6 Å². The van der Waals surface area contributed by atoms with Gasteiger partial charge in [0.15, 0.2) is 0 Å². The number of nitrogens with zero attached hydrogens (tertiary/aromatic N) is 2. The van der Waals surface area contributed by atoms with Crippen LogP contribution in [0.5, 0.6) is 0 Å². The monoisotopic (exact) mass is 287 g/mol. The van der Waals surface area contributed by atoms with E-state index in [4.69, 9.17) is 10.3 Å². The molecule has 1 saturated heterocycles. The molecule has 0 amide bonds. The number of nitrogens with two attached hydrogens (primary N) is 1. The fourth-order valence-electron chi connectivity index (χ4n) is 2.48. The summed E-state index contributed by atoms with van der Waals surface area (Å²) in [5, 5.41) is 3.75. The van der Waals surface area contributed by atoms with Gasteiger partial charge in [0.2, 0.25) is 10.0 Å². The van der Waals surface area contributed by atoms with Crippen LogP contribution in [0.1, 0.15) is 31.2 Å². The van der Waals surface area contributed by atoms with Crippen molar-refractivity contribution in [1.29, 1.82) is 0 Å². The van der Waals surface area contributed by atoms with Gasteiger partial charge in [-0.25, -0.2) is 8.42 Å². The van der Waals surface area contributed by atoms with Crippen molar-refractivity contribution in [2.45, 2.75) is 38.5 Å². The lowest BCUT2D eigenvalue weighted by atomic mass is 9.96. The van der Waals surface area contributed by atoms with E-state index in [9.17, 15) is 8.42 Å². The van der Waals surface area contributed by atoms with Crippen LogP contribution < -0.4 is 5.73 Å². The molecule has 19 heavy (non-hydrogen) atoms. The highest BCUT2D eigenvalue weighted by atomic mass is 32.2. The van der Waals surface area contributed by atoms with E-state index >= 15 is 0 Å². The zero-order valence-corrected chi connectivity index (χ0v) is 12.2. The van der Waals surface area contributed by atoms with Gasteiger partial charge in [0.1, 0.15) is 17.2 Å². The standard InChI is InChI=1S/C12H21N3O3S/c1-9-3-4-11(6-13)7-15(9)19(16,17)8-12-5-10(2)18-14-12/h5,9,11H,3-4,6-8,13H2,1-2H3. The third kappa shape index (κ3) is 3.34. The van der Waals surface area contributed by atoms with Gasteiger partial charge in [0.25, 0.3) is 0 Å². The molecule has 1 aliphatic heterocycles. The number of piperidine rings is 1. The second-order valence-corrected chi connectivity index (χ2v) is 7.20. The Morgan fingerprint density at radius 3 is 2.84 bits per heavy atom. The first-order valence-electron chi connectivity index (χ1n) is 6.54. The molecule has 0 aromatic carbocycles. The molecule has 2 rings (SSSR count). The Bertz CT molecular complexity index is 526. The van der Waals surface area contributed by atoms with E-state index in [-0.39, 0.29) is 17.7 Å². The van der Waals surface area contributed by atoms with Crippen LogP contribution in [0.3, 0.4) is 0 Å². The highest BCUT2D eigenvalue weighted by Gasteiger charge is 2.33. The third-order valence-corrected chi connectivity index (χ3v) is 5.50. The number of rotatable bonds is 4. The van der Waals surface area contributed by atoms with E-state index in [0.29, 0.717) is 24.5 Å². The van der Waals surface area contributed by atoms with Gasteiger partial charge in [0, 0.05) is 18.7 Å². The maximum absolute atomic E-state index is 12.4. The van der Waals surface area contributed by atoms with Crippen molar-refractivity contribution in [3.8, 4) is 0 Å². The summed E-state index contributed by atoms with van der Waals surface area (Å²) in [5.41, 5.74) is 6.12. The fraction of sp³-hybridized carbons (Fsp3) is 0.750. The molecule has 7 heteroatoms. The van der Waals surface area contributed by atoms with Crippen molar-refractivity contribution < 1.29 is 12.9 Å². The Morgan fingerprint density at radius 2 is 2.26 bits per heavy atom. The van der Waals surface area contributed by atoms with Crippen LogP contribution in [0, 0.1) is 12.8 Å². The van der Waals surface area contributed by atoms with Crippen molar-refractivity contribution >= 4 is 10.0 Å². The van der Waals surface area contributed by atoms with Gasteiger partial charge in [-0.15, -0.1) is 0 Å². The second-order valence-electron chi connectivity index (χ2n) is 5.28. The normalized spacial score (nSPS) is 25.6. The fourth-order valence-corrected chi connectivity index (χ4v) is 4.25. The SMILES string of the molecule is Cc1cc(CS(=O)(=O)N2CC(CN)CCC2C)no1. The molecule has 0 spiro atoms. The number of hydrogen-bond acceptors (Lipinski definition) is 5. The molecular weight excluding hydrogens is 266 g/mol. The van der Waals surface area contributed by atoms with E-state index in [1.54, 1.807) is 17.3 Å². The van der Waals surface area contributed by atoms with Gasteiger partial charge in [-0.1, -0.05) is 5.16 Å². The predicted octanol–water partition coefficient (Wildman–Crippen LogP) is 0.872. The van der Waals surface area contributed by atoms with Crippen LogP contribution in [-0.4, -0.2) is 37.0 Å². The molecule has 0 bridgehead atoms. The van der Waals surface area contributed by atoms with Crippen LogP contribution >= 0.6 is 0 Å². The van der Waals surface area contributed by atoms with Crippen molar-refractivity contribution in [3.63, 3.8) is 0 Å². The van der Waals surface area contributed by atoms with E-state index in [1.807, 2.05) is 6.92 Å². The topological polar surface area (TPSA) is 89.4 Å². The van der Waals surface area contributed by atoms with Crippen LogP contribution in [0.4, 0.5) is 0 Å². The van der Waals surface area contributed by atoms with Crippen molar-refractivity contribution in [3.05, 3.63) is 17.5 Å². The maximum Gasteiger partial charge on any atom is 0.220 e. The minimum absolute atomic E-state index is 0.0285. The zero-order valence-electron chi connectivity index (χ0n) is 11.4. The number of aromatic nitrogens is 1. The zero-order chi connectivity index (χ0) is 14.0. The summed E-state index contributed by atoms with van der Waals surface area (Å²) >= 11 is 0. The lowest BCUT2D eigenvalue weighted by Crippen LogP contribution is -2.47. The molecule has 1 fully saturated rings. The molecular formula is C12H21N3O3S. The summed E-state index contributed by atoms with van der Waals surface area (Å²) in [4.78, 5) is 0. The van der Waals surface area contributed by atoms with Crippen molar-refractivity contribution in [2.24, 2.45) is 11.7 Å². The summed E-state index contributed by atoms with van der Waals surface area (Å²) in [7, 11) is -3.36. The summed E-state index contributed by atoms with van der Waals surface area (Å²) in [6, 6.07) is 1.69. The quantitative estimate of drug-likeness (QED) is 0.887. The number of aryl methyl sites for hydroxylation is 1. The average molecular weight is 287 g/mol. The highest BCUT2D eigenvalue weighted by Crippen LogP contribution is 2.25. The number of hydrogen-bond donors (Lipinski definition) is 1. The van der Waals surface area contributed by atoms with Crippen LogP contribution in [-0.2, 0) is 15.8 Å². The van der Waals surface area contributed by atoms with Crippen LogP contribution in [0.2, 0.25) is 0 Å². The van der Waals surface area contributed by atoms with E-state index in [1.165, 1.54) is 0 Å². The van der Waals surface area contributed by atoms with E-state index in [0.717, 1.165) is 12.8 Å². The molecule has 1 aliphatic rings. The summed E-state index contributed by atoms with van der Waals surface area (Å²) in [5.74, 6) is 0.771. The number of sulfonamides is 1. The summed E-state index contributed by atoms with van der Waals surface area (Å²) < 4.78 is 31.4. The molecule has 108 valence electrons. The van der Waals surface area contributed by atoms with Crippen LogP contribution in [0.25, 0.3) is 0 Å². The molecule has 1 aromatic rings. The van der Waals surface area contributed by atoms with E-state index in [2.05, 4.69) is 5.16 Å². The Hall–Kier alpha value is -0.920. The summed E-state index contributed by atoms with van der Waals surface area (Å²) in [6.45, 7) is 4.73. The largest absolute Gasteiger partial charge is 0.361 e. The minimum atomic E-state index is -3.36. The molecule has 0 aliphatic carbocycles. The third-order valence-electron chi connectivity index (χ3n) is 3.62.